The van der Waals surface area contributed by atoms with Crippen LogP contribution in [-0.4, -0.2) is 78.2 Å². The van der Waals surface area contributed by atoms with E-state index in [1.807, 2.05) is 4.90 Å². The second-order valence-corrected chi connectivity index (χ2v) is 7.91. The molecule has 0 radical (unpaired) electrons. The molecule has 154 valence electrons. The molecule has 4 rings (SSSR count). The van der Waals surface area contributed by atoms with Gasteiger partial charge in [0.15, 0.2) is 0 Å². The Morgan fingerprint density at radius 2 is 1.97 bits per heavy atom. The fourth-order valence-electron chi connectivity index (χ4n) is 4.36. The Morgan fingerprint density at radius 3 is 2.72 bits per heavy atom. The second-order valence-electron chi connectivity index (χ2n) is 7.91. The van der Waals surface area contributed by atoms with E-state index in [4.69, 9.17) is 0 Å². The highest BCUT2D eigenvalue weighted by Crippen LogP contribution is 2.28. The number of rotatable bonds is 5. The largest absolute Gasteiger partial charge is 0.352 e. The van der Waals surface area contributed by atoms with Crippen molar-refractivity contribution in [3.63, 3.8) is 0 Å². The Bertz CT molecular complexity index is 806. The van der Waals surface area contributed by atoms with Crippen molar-refractivity contribution < 1.29 is 4.79 Å². The van der Waals surface area contributed by atoms with Crippen LogP contribution >= 0.6 is 0 Å². The van der Waals surface area contributed by atoms with Crippen LogP contribution in [0.15, 0.2) is 42.9 Å². The number of piperazine rings is 1. The highest BCUT2D eigenvalue weighted by molar-refractivity contribution is 5.74. The molecule has 1 N–H and O–H groups in total. The van der Waals surface area contributed by atoms with Crippen molar-refractivity contribution in [3.8, 4) is 0 Å². The third kappa shape index (κ3) is 4.85. The van der Waals surface area contributed by atoms with E-state index in [0.29, 0.717) is 25.6 Å². The minimum Gasteiger partial charge on any atom is -0.352 e. The SMILES string of the molecule is Cc1ccccc1[C@@H]1CCN(CCNC(=O)N2CCN(c3cnccn3)CC2)C1. The van der Waals surface area contributed by atoms with E-state index in [0.717, 1.165) is 38.5 Å². The lowest BCUT2D eigenvalue weighted by molar-refractivity contribution is 0.192. The number of hydrogen-bond donors (Lipinski definition) is 1. The second kappa shape index (κ2) is 9.22. The summed E-state index contributed by atoms with van der Waals surface area (Å²) >= 11 is 0. The van der Waals surface area contributed by atoms with Gasteiger partial charge >= 0.3 is 6.03 Å². The zero-order valence-electron chi connectivity index (χ0n) is 17.1. The van der Waals surface area contributed by atoms with Crippen LogP contribution in [-0.2, 0) is 0 Å². The maximum atomic E-state index is 12.5. The van der Waals surface area contributed by atoms with E-state index >= 15 is 0 Å². The molecule has 2 aromatic rings. The van der Waals surface area contributed by atoms with Crippen molar-refractivity contribution in [2.75, 3.05) is 57.3 Å². The number of carbonyl (C=O) groups excluding carboxylic acids is 1. The number of urea groups is 1. The fraction of sp³-hybridized carbons (Fsp3) is 0.500. The number of amides is 2. The van der Waals surface area contributed by atoms with Crippen LogP contribution in [0.5, 0.6) is 0 Å². The molecule has 2 fully saturated rings. The summed E-state index contributed by atoms with van der Waals surface area (Å²) in [4.78, 5) is 27.5. The monoisotopic (exact) mass is 394 g/mol. The molecule has 0 saturated carbocycles. The molecular formula is C22H30N6O. The molecule has 2 aliphatic rings. The Labute approximate surface area is 172 Å². The van der Waals surface area contributed by atoms with Crippen LogP contribution in [0.1, 0.15) is 23.5 Å². The third-order valence-electron chi connectivity index (χ3n) is 6.05. The summed E-state index contributed by atoms with van der Waals surface area (Å²) in [5, 5.41) is 3.10. The van der Waals surface area contributed by atoms with Gasteiger partial charge in [-0.2, -0.15) is 0 Å². The normalized spacial score (nSPS) is 20.1. The number of anilines is 1. The Hall–Kier alpha value is -2.67. The van der Waals surface area contributed by atoms with Crippen LogP contribution in [0.3, 0.4) is 0 Å². The summed E-state index contributed by atoms with van der Waals surface area (Å²) < 4.78 is 0. The molecule has 0 bridgehead atoms. The zero-order chi connectivity index (χ0) is 20.1. The van der Waals surface area contributed by atoms with E-state index in [1.165, 1.54) is 17.5 Å². The summed E-state index contributed by atoms with van der Waals surface area (Å²) in [7, 11) is 0. The average Bonchev–Trinajstić information content (AvgIpc) is 3.23. The molecule has 7 heteroatoms. The molecule has 0 spiro atoms. The Morgan fingerprint density at radius 1 is 1.14 bits per heavy atom. The van der Waals surface area contributed by atoms with Gasteiger partial charge in [0.2, 0.25) is 0 Å². The highest BCUT2D eigenvalue weighted by atomic mass is 16.2. The van der Waals surface area contributed by atoms with Gasteiger partial charge < -0.3 is 20.0 Å². The summed E-state index contributed by atoms with van der Waals surface area (Å²) in [6.45, 7) is 8.98. The summed E-state index contributed by atoms with van der Waals surface area (Å²) in [5.74, 6) is 1.49. The molecule has 7 nitrogen and oxygen atoms in total. The molecule has 0 unspecified atom stereocenters. The first kappa shape index (κ1) is 19.6. The summed E-state index contributed by atoms with van der Waals surface area (Å²) in [6.07, 6.45) is 6.35. The number of nitrogens with one attached hydrogen (secondary N) is 1. The molecule has 0 aliphatic carbocycles. The van der Waals surface area contributed by atoms with Gasteiger partial charge in [-0.05, 0) is 36.9 Å². The smallest absolute Gasteiger partial charge is 0.317 e. The minimum atomic E-state index is 0.0402. The molecule has 2 aliphatic heterocycles. The maximum absolute atomic E-state index is 12.5. The highest BCUT2D eigenvalue weighted by Gasteiger charge is 2.25. The third-order valence-corrected chi connectivity index (χ3v) is 6.05. The first-order valence-electron chi connectivity index (χ1n) is 10.5. The van der Waals surface area contributed by atoms with E-state index in [2.05, 4.69) is 56.3 Å². The number of aromatic nitrogens is 2. The van der Waals surface area contributed by atoms with E-state index < -0.39 is 0 Å². The van der Waals surface area contributed by atoms with Crippen molar-refractivity contribution in [1.29, 1.82) is 0 Å². The molecule has 2 amide bonds. The molecule has 1 aromatic heterocycles. The van der Waals surface area contributed by atoms with Crippen LogP contribution in [0.25, 0.3) is 0 Å². The van der Waals surface area contributed by atoms with E-state index in [1.54, 1.807) is 18.6 Å². The van der Waals surface area contributed by atoms with Gasteiger partial charge in [0.25, 0.3) is 0 Å². The topological polar surface area (TPSA) is 64.6 Å². The first-order valence-corrected chi connectivity index (χ1v) is 10.5. The van der Waals surface area contributed by atoms with Gasteiger partial charge in [-0.3, -0.25) is 4.98 Å². The lowest BCUT2D eigenvalue weighted by Crippen LogP contribution is -2.52. The maximum Gasteiger partial charge on any atom is 0.317 e. The molecule has 2 saturated heterocycles. The van der Waals surface area contributed by atoms with Gasteiger partial charge in [-0.25, -0.2) is 9.78 Å². The Kier molecular flexibility index (Phi) is 6.24. The summed E-state index contributed by atoms with van der Waals surface area (Å²) in [5.41, 5.74) is 2.85. The van der Waals surface area contributed by atoms with Crippen molar-refractivity contribution in [2.24, 2.45) is 0 Å². The molecule has 3 heterocycles. The minimum absolute atomic E-state index is 0.0402. The number of hydrogen-bond acceptors (Lipinski definition) is 5. The molecule has 1 atom stereocenters. The molecule has 29 heavy (non-hydrogen) atoms. The van der Waals surface area contributed by atoms with Crippen LogP contribution in [0, 0.1) is 6.92 Å². The predicted molar refractivity (Wildman–Crippen MR) is 114 cm³/mol. The van der Waals surface area contributed by atoms with Gasteiger partial charge in [-0.15, -0.1) is 0 Å². The van der Waals surface area contributed by atoms with Crippen molar-refractivity contribution in [1.82, 2.24) is 25.1 Å². The standard InChI is InChI=1S/C22H30N6O/c1-18-4-2-3-5-20(18)19-6-10-26(17-19)11-9-25-22(29)28-14-12-27(13-15-28)21-16-23-7-8-24-21/h2-5,7-8,16,19H,6,9-15,17H2,1H3,(H,25,29)/t19-/m1/s1. The first-order chi connectivity index (χ1) is 14.2. The van der Waals surface area contributed by atoms with Gasteiger partial charge in [0, 0.05) is 58.2 Å². The average molecular weight is 395 g/mol. The number of nitrogens with zero attached hydrogens (tertiary/aromatic N) is 5. The zero-order valence-corrected chi connectivity index (χ0v) is 17.1. The van der Waals surface area contributed by atoms with Gasteiger partial charge in [0.05, 0.1) is 6.20 Å². The quantitative estimate of drug-likeness (QED) is 0.841. The lowest BCUT2D eigenvalue weighted by atomic mass is 9.94. The lowest BCUT2D eigenvalue weighted by Gasteiger charge is -2.35. The number of benzene rings is 1. The number of aryl methyl sites for hydroxylation is 1. The van der Waals surface area contributed by atoms with Crippen molar-refractivity contribution >= 4 is 11.8 Å². The summed E-state index contributed by atoms with van der Waals surface area (Å²) in [6, 6.07) is 8.73. The fourth-order valence-corrected chi connectivity index (χ4v) is 4.36. The van der Waals surface area contributed by atoms with Gasteiger partial charge in [-0.1, -0.05) is 24.3 Å². The van der Waals surface area contributed by atoms with Crippen LogP contribution < -0.4 is 10.2 Å². The Balaban J connectivity index is 1.17. The van der Waals surface area contributed by atoms with Crippen molar-refractivity contribution in [2.45, 2.75) is 19.3 Å². The van der Waals surface area contributed by atoms with Crippen LogP contribution in [0.2, 0.25) is 0 Å². The van der Waals surface area contributed by atoms with E-state index in [-0.39, 0.29) is 6.03 Å². The molecular weight excluding hydrogens is 364 g/mol. The molecule has 1 aromatic carbocycles. The van der Waals surface area contributed by atoms with E-state index in [9.17, 15) is 4.79 Å². The van der Waals surface area contributed by atoms with Crippen molar-refractivity contribution in [3.05, 3.63) is 54.0 Å². The number of carbonyl (C=O) groups is 1. The number of likely N-dealkylation sites (tertiary alicyclic amines) is 1. The predicted octanol–water partition coefficient (Wildman–Crippen LogP) is 2.11. The van der Waals surface area contributed by atoms with Gasteiger partial charge in [0.1, 0.15) is 5.82 Å². The van der Waals surface area contributed by atoms with Crippen LogP contribution in [0.4, 0.5) is 10.6 Å².